The summed E-state index contributed by atoms with van der Waals surface area (Å²) in [5.41, 5.74) is 7.12. The fraction of sp³-hybridized carbons (Fsp3) is 0.0769. The van der Waals surface area contributed by atoms with Crippen molar-refractivity contribution in [3.8, 4) is 5.75 Å². The number of oxime groups is 1. The van der Waals surface area contributed by atoms with E-state index < -0.39 is 0 Å². The second-order valence-electron chi connectivity index (χ2n) is 3.99. The number of hydrogen-bond acceptors (Lipinski definition) is 5. The average molecular weight is 417 g/mol. The number of carbonyl (C=O) groups is 1. The SMILES string of the molecule is COc1cc(/C(N)=N/O)ccc1NC(=O)c1csc(I)c1. The average Bonchev–Trinajstić information content (AvgIpc) is 2.93. The molecule has 2 rings (SSSR count). The zero-order valence-electron chi connectivity index (χ0n) is 11.0. The summed E-state index contributed by atoms with van der Waals surface area (Å²) in [6.07, 6.45) is 0. The maximum Gasteiger partial charge on any atom is 0.256 e. The van der Waals surface area contributed by atoms with E-state index in [-0.39, 0.29) is 11.7 Å². The summed E-state index contributed by atoms with van der Waals surface area (Å²) in [7, 11) is 1.48. The number of anilines is 1. The van der Waals surface area contributed by atoms with Crippen molar-refractivity contribution in [2.75, 3.05) is 12.4 Å². The van der Waals surface area contributed by atoms with Crippen molar-refractivity contribution in [1.29, 1.82) is 0 Å². The molecule has 1 aromatic heterocycles. The van der Waals surface area contributed by atoms with Crippen LogP contribution in [0.5, 0.6) is 5.75 Å². The van der Waals surface area contributed by atoms with Crippen LogP contribution in [0.2, 0.25) is 0 Å². The smallest absolute Gasteiger partial charge is 0.256 e. The lowest BCUT2D eigenvalue weighted by Gasteiger charge is -2.11. The molecule has 0 radical (unpaired) electrons. The van der Waals surface area contributed by atoms with E-state index in [0.717, 1.165) is 2.88 Å². The molecule has 21 heavy (non-hydrogen) atoms. The van der Waals surface area contributed by atoms with Crippen molar-refractivity contribution in [3.63, 3.8) is 0 Å². The van der Waals surface area contributed by atoms with Gasteiger partial charge in [0, 0.05) is 10.9 Å². The number of nitrogens with two attached hydrogens (primary N) is 1. The Hall–Kier alpha value is -1.81. The quantitative estimate of drug-likeness (QED) is 0.234. The van der Waals surface area contributed by atoms with Gasteiger partial charge in [0.05, 0.1) is 21.2 Å². The Labute approximate surface area is 138 Å². The van der Waals surface area contributed by atoms with Gasteiger partial charge < -0.3 is 21.0 Å². The Kier molecular flexibility index (Phi) is 5.02. The Morgan fingerprint density at radius 1 is 1.43 bits per heavy atom. The molecule has 6 nitrogen and oxygen atoms in total. The molecule has 1 amide bonds. The first-order valence-electron chi connectivity index (χ1n) is 5.76. The molecule has 0 aliphatic carbocycles. The van der Waals surface area contributed by atoms with Crippen LogP contribution in [0.1, 0.15) is 15.9 Å². The summed E-state index contributed by atoms with van der Waals surface area (Å²) in [5.74, 6) is 0.181. The molecule has 0 saturated heterocycles. The number of carbonyl (C=O) groups excluding carboxylic acids is 1. The van der Waals surface area contributed by atoms with E-state index in [4.69, 9.17) is 15.7 Å². The van der Waals surface area contributed by atoms with Crippen molar-refractivity contribution in [1.82, 2.24) is 0 Å². The number of amides is 1. The van der Waals surface area contributed by atoms with Gasteiger partial charge in [0.25, 0.3) is 5.91 Å². The highest BCUT2D eigenvalue weighted by Crippen LogP contribution is 2.27. The number of thiophene rings is 1. The minimum atomic E-state index is -0.219. The summed E-state index contributed by atoms with van der Waals surface area (Å²) >= 11 is 3.65. The van der Waals surface area contributed by atoms with Gasteiger partial charge in [-0.15, -0.1) is 11.3 Å². The molecule has 110 valence electrons. The summed E-state index contributed by atoms with van der Waals surface area (Å²) in [6, 6.07) is 6.66. The molecular weight excluding hydrogens is 405 g/mol. The molecule has 0 atom stereocenters. The lowest BCUT2D eigenvalue weighted by Crippen LogP contribution is -2.15. The van der Waals surface area contributed by atoms with E-state index in [0.29, 0.717) is 22.6 Å². The number of halogens is 1. The van der Waals surface area contributed by atoms with Crippen LogP contribution in [0.25, 0.3) is 0 Å². The standard InChI is InChI=1S/C13H12IN3O3S/c1-20-10-4-7(12(15)17-19)2-3-9(10)16-13(18)8-5-11(14)21-6-8/h2-6,19H,1H3,(H2,15,17)(H,16,18). The number of hydrogen-bond donors (Lipinski definition) is 3. The van der Waals surface area contributed by atoms with Crippen LogP contribution < -0.4 is 15.8 Å². The maximum atomic E-state index is 12.1. The van der Waals surface area contributed by atoms with Crippen LogP contribution in [0.4, 0.5) is 5.69 Å². The third kappa shape index (κ3) is 3.64. The Morgan fingerprint density at radius 2 is 2.19 bits per heavy atom. The summed E-state index contributed by atoms with van der Waals surface area (Å²) in [6.45, 7) is 0. The minimum Gasteiger partial charge on any atom is -0.495 e. The van der Waals surface area contributed by atoms with Crippen molar-refractivity contribution in [2.45, 2.75) is 0 Å². The van der Waals surface area contributed by atoms with Gasteiger partial charge in [-0.05, 0) is 46.9 Å². The highest BCUT2D eigenvalue weighted by molar-refractivity contribution is 14.1. The number of ether oxygens (including phenoxy) is 1. The van der Waals surface area contributed by atoms with Crippen molar-refractivity contribution < 1.29 is 14.7 Å². The molecule has 4 N–H and O–H groups in total. The molecule has 1 aromatic carbocycles. The van der Waals surface area contributed by atoms with E-state index in [1.807, 2.05) is 0 Å². The summed E-state index contributed by atoms with van der Waals surface area (Å²) in [4.78, 5) is 12.1. The highest BCUT2D eigenvalue weighted by atomic mass is 127. The molecule has 0 aliphatic heterocycles. The predicted octanol–water partition coefficient (Wildman–Crippen LogP) is 2.71. The molecule has 2 aromatic rings. The van der Waals surface area contributed by atoms with Gasteiger partial charge in [-0.25, -0.2) is 0 Å². The number of benzene rings is 1. The lowest BCUT2D eigenvalue weighted by molar-refractivity contribution is 0.102. The van der Waals surface area contributed by atoms with Gasteiger partial charge in [0.15, 0.2) is 5.84 Å². The molecule has 0 fully saturated rings. The molecule has 0 unspecified atom stereocenters. The first kappa shape index (κ1) is 15.6. The zero-order valence-corrected chi connectivity index (χ0v) is 13.9. The molecule has 0 bridgehead atoms. The van der Waals surface area contributed by atoms with Crippen molar-refractivity contribution in [3.05, 3.63) is 43.7 Å². The first-order valence-corrected chi connectivity index (χ1v) is 7.72. The van der Waals surface area contributed by atoms with Crippen LogP contribution in [0.3, 0.4) is 0 Å². The molecule has 0 spiro atoms. The third-order valence-corrected chi connectivity index (χ3v) is 4.47. The highest BCUT2D eigenvalue weighted by Gasteiger charge is 2.12. The summed E-state index contributed by atoms with van der Waals surface area (Å²) in [5, 5.41) is 16.2. The van der Waals surface area contributed by atoms with Crippen molar-refractivity contribution >= 4 is 51.4 Å². The Morgan fingerprint density at radius 3 is 2.76 bits per heavy atom. The van der Waals surface area contributed by atoms with Crippen molar-refractivity contribution in [2.24, 2.45) is 10.9 Å². The van der Waals surface area contributed by atoms with Gasteiger partial charge >= 0.3 is 0 Å². The zero-order chi connectivity index (χ0) is 15.4. The first-order chi connectivity index (χ1) is 10.0. The largest absolute Gasteiger partial charge is 0.495 e. The van der Waals surface area contributed by atoms with Gasteiger partial charge in [0.1, 0.15) is 5.75 Å². The monoisotopic (exact) mass is 417 g/mol. The number of amidine groups is 1. The molecule has 0 aliphatic rings. The van der Waals surface area contributed by atoms with E-state index in [2.05, 4.69) is 33.1 Å². The van der Waals surface area contributed by atoms with Gasteiger partial charge in [-0.1, -0.05) is 5.16 Å². The number of rotatable bonds is 4. The molecule has 8 heteroatoms. The fourth-order valence-corrected chi connectivity index (χ4v) is 2.96. The molecular formula is C13H12IN3O3S. The number of nitrogens with zero attached hydrogens (tertiary/aromatic N) is 1. The maximum absolute atomic E-state index is 12.1. The van der Waals surface area contributed by atoms with Crippen LogP contribution in [0, 0.1) is 2.88 Å². The Balaban J connectivity index is 2.26. The van der Waals surface area contributed by atoms with E-state index in [1.54, 1.807) is 29.6 Å². The van der Waals surface area contributed by atoms with E-state index in [1.165, 1.54) is 18.4 Å². The second-order valence-corrected chi connectivity index (χ2v) is 6.80. The van der Waals surface area contributed by atoms with Gasteiger partial charge in [0.2, 0.25) is 0 Å². The van der Waals surface area contributed by atoms with Crippen LogP contribution in [-0.4, -0.2) is 24.1 Å². The van der Waals surface area contributed by atoms with Crippen LogP contribution >= 0.6 is 33.9 Å². The topological polar surface area (TPSA) is 96.9 Å². The molecule has 1 heterocycles. The van der Waals surface area contributed by atoms with Gasteiger partial charge in [-0.3, -0.25) is 4.79 Å². The summed E-state index contributed by atoms with van der Waals surface area (Å²) < 4.78 is 6.25. The fourth-order valence-electron chi connectivity index (χ4n) is 1.64. The Bertz CT molecular complexity index is 700. The minimum absolute atomic E-state index is 0.0291. The predicted molar refractivity (Wildman–Crippen MR) is 90.5 cm³/mol. The number of nitrogens with one attached hydrogen (secondary N) is 1. The number of methoxy groups -OCH3 is 1. The second kappa shape index (κ2) is 6.76. The normalized spacial score (nSPS) is 11.2. The van der Waals surface area contributed by atoms with Crippen LogP contribution in [-0.2, 0) is 0 Å². The van der Waals surface area contributed by atoms with E-state index in [9.17, 15) is 4.79 Å². The van der Waals surface area contributed by atoms with E-state index >= 15 is 0 Å². The van der Waals surface area contributed by atoms with Gasteiger partial charge in [-0.2, -0.15) is 0 Å². The lowest BCUT2D eigenvalue weighted by atomic mass is 10.1. The van der Waals surface area contributed by atoms with Crippen LogP contribution in [0.15, 0.2) is 34.8 Å². The molecule has 0 saturated carbocycles. The third-order valence-electron chi connectivity index (χ3n) is 2.68.